The monoisotopic (exact) mass is 397 g/mol. The number of aliphatic hydroxyl groups excluding tert-OH is 1. The number of Topliss-reactive ketones (excluding diaryl/α,β-unsaturated/α-hetero) is 1. The molecule has 2 aliphatic heterocycles. The van der Waals surface area contributed by atoms with Gasteiger partial charge in [-0.05, 0) is 12.1 Å². The number of aliphatic hydroxyl groups is 1. The molecule has 0 radical (unpaired) electrons. The second-order valence-electron chi connectivity index (χ2n) is 7.35. The highest BCUT2D eigenvalue weighted by Crippen LogP contribution is 2.48. The maximum atomic E-state index is 12.5. The largest absolute Gasteiger partial charge is 0.485 e. The maximum absolute atomic E-state index is 12.5. The Hall–Kier alpha value is -2.51. The number of rotatable bonds is 1. The summed E-state index contributed by atoms with van der Waals surface area (Å²) >= 11 is 1.50. The first-order valence-corrected chi connectivity index (χ1v) is 10.3. The standard InChI is InChI=1S/C21H19NO5S/c23-16-13-4-1-2-5-14(13)18-19(17(16)24)28-12-21(27-18)7-9-22(10-8-21)20(25)15-6-3-11-26-15/h1-6,11,17,24H,7-10,12H2. The van der Waals surface area contributed by atoms with Crippen LogP contribution in [0.2, 0.25) is 0 Å². The molecule has 0 bridgehead atoms. The van der Waals surface area contributed by atoms with Gasteiger partial charge in [0.2, 0.25) is 0 Å². The van der Waals surface area contributed by atoms with Crippen molar-refractivity contribution in [2.45, 2.75) is 24.5 Å². The summed E-state index contributed by atoms with van der Waals surface area (Å²) in [7, 11) is 0. The lowest BCUT2D eigenvalue weighted by atomic mass is 9.89. The van der Waals surface area contributed by atoms with E-state index in [1.807, 2.05) is 12.1 Å². The molecule has 28 heavy (non-hydrogen) atoms. The van der Waals surface area contributed by atoms with Gasteiger partial charge in [0.1, 0.15) is 11.4 Å². The minimum absolute atomic E-state index is 0.104. The van der Waals surface area contributed by atoms with Crippen LogP contribution in [0.1, 0.15) is 39.3 Å². The molecular formula is C21H19NO5S. The van der Waals surface area contributed by atoms with Gasteiger partial charge in [-0.25, -0.2) is 0 Å². The highest BCUT2D eigenvalue weighted by atomic mass is 32.2. The summed E-state index contributed by atoms with van der Waals surface area (Å²) in [5.41, 5.74) is 0.835. The van der Waals surface area contributed by atoms with E-state index in [2.05, 4.69) is 0 Å². The molecule has 0 saturated carbocycles. The topological polar surface area (TPSA) is 80.0 Å². The first-order chi connectivity index (χ1) is 13.6. The number of fused-ring (bicyclic) bond motifs is 2. The lowest BCUT2D eigenvalue weighted by Crippen LogP contribution is -2.51. The zero-order chi connectivity index (χ0) is 19.3. The molecule has 3 aliphatic rings. The molecule has 1 aliphatic carbocycles. The molecule has 1 aromatic heterocycles. The Labute approximate surface area is 166 Å². The van der Waals surface area contributed by atoms with Crippen LogP contribution in [-0.4, -0.2) is 52.2 Å². The fourth-order valence-corrected chi connectivity index (χ4v) is 5.36. The van der Waals surface area contributed by atoms with Crippen molar-refractivity contribution in [3.05, 3.63) is 64.5 Å². The van der Waals surface area contributed by atoms with Gasteiger partial charge >= 0.3 is 0 Å². The predicted molar refractivity (Wildman–Crippen MR) is 104 cm³/mol. The second kappa shape index (κ2) is 6.53. The molecule has 1 aromatic carbocycles. The summed E-state index contributed by atoms with van der Waals surface area (Å²) in [5, 5.41) is 10.5. The quantitative estimate of drug-likeness (QED) is 0.797. The van der Waals surface area contributed by atoms with E-state index in [4.69, 9.17) is 9.15 Å². The lowest BCUT2D eigenvalue weighted by Gasteiger charge is -2.46. The Balaban J connectivity index is 1.38. The van der Waals surface area contributed by atoms with Crippen LogP contribution < -0.4 is 0 Å². The number of amides is 1. The molecule has 1 spiro atoms. The average Bonchev–Trinajstić information content (AvgIpc) is 3.27. The number of ether oxygens (including phenoxy) is 1. The minimum Gasteiger partial charge on any atom is -0.485 e. The minimum atomic E-state index is -1.16. The number of benzene rings is 1. The third kappa shape index (κ3) is 2.69. The Morgan fingerprint density at radius 3 is 2.61 bits per heavy atom. The normalized spacial score (nSPS) is 23.2. The van der Waals surface area contributed by atoms with Crippen LogP contribution in [0.3, 0.4) is 0 Å². The number of hydrogen-bond acceptors (Lipinski definition) is 6. The maximum Gasteiger partial charge on any atom is 0.289 e. The SMILES string of the molecule is O=C1c2ccccc2C2=C(SCC3(CCN(C(=O)c4ccco4)CC3)O2)C1O. The average molecular weight is 397 g/mol. The van der Waals surface area contributed by atoms with Crippen LogP contribution in [0, 0.1) is 0 Å². The van der Waals surface area contributed by atoms with Gasteiger partial charge in [-0.15, -0.1) is 11.8 Å². The van der Waals surface area contributed by atoms with Gasteiger partial charge in [0, 0.05) is 42.8 Å². The van der Waals surface area contributed by atoms with E-state index in [1.165, 1.54) is 18.0 Å². The molecule has 1 fully saturated rings. The Kier molecular flexibility index (Phi) is 4.10. The zero-order valence-corrected chi connectivity index (χ0v) is 15.9. The van der Waals surface area contributed by atoms with Crippen LogP contribution in [-0.2, 0) is 4.74 Å². The summed E-state index contributed by atoms with van der Waals surface area (Å²) in [5.74, 6) is 1.24. The lowest BCUT2D eigenvalue weighted by molar-refractivity contribution is -0.00282. The molecule has 144 valence electrons. The Morgan fingerprint density at radius 1 is 1.14 bits per heavy atom. The number of carbonyl (C=O) groups excluding carboxylic acids is 2. The molecule has 6 nitrogen and oxygen atoms in total. The van der Waals surface area contributed by atoms with Crippen molar-refractivity contribution < 1.29 is 23.8 Å². The molecule has 1 N–H and O–H groups in total. The van der Waals surface area contributed by atoms with E-state index in [0.717, 1.165) is 5.56 Å². The number of furan rings is 1. The van der Waals surface area contributed by atoms with Crippen molar-refractivity contribution in [2.24, 2.45) is 0 Å². The van der Waals surface area contributed by atoms with Gasteiger partial charge in [-0.2, -0.15) is 0 Å². The van der Waals surface area contributed by atoms with Crippen LogP contribution in [0.4, 0.5) is 0 Å². The highest BCUT2D eigenvalue weighted by Gasteiger charge is 2.46. The van der Waals surface area contributed by atoms with Gasteiger partial charge in [0.05, 0.1) is 11.2 Å². The van der Waals surface area contributed by atoms with Gasteiger partial charge in [0.15, 0.2) is 17.6 Å². The third-order valence-electron chi connectivity index (χ3n) is 5.66. The van der Waals surface area contributed by atoms with Crippen molar-refractivity contribution in [2.75, 3.05) is 18.8 Å². The molecule has 1 saturated heterocycles. The molecule has 5 rings (SSSR count). The van der Waals surface area contributed by atoms with Crippen molar-refractivity contribution in [3.63, 3.8) is 0 Å². The van der Waals surface area contributed by atoms with Gasteiger partial charge < -0.3 is 19.2 Å². The van der Waals surface area contributed by atoms with Crippen LogP contribution in [0.15, 0.2) is 52.0 Å². The van der Waals surface area contributed by atoms with Gasteiger partial charge in [0.25, 0.3) is 5.91 Å². The summed E-state index contributed by atoms with van der Waals surface area (Å²) in [4.78, 5) is 27.4. The van der Waals surface area contributed by atoms with E-state index in [-0.39, 0.29) is 11.7 Å². The molecular weight excluding hydrogens is 378 g/mol. The van der Waals surface area contributed by atoms with Crippen molar-refractivity contribution >= 4 is 29.2 Å². The number of ketones is 1. The van der Waals surface area contributed by atoms with E-state index in [9.17, 15) is 14.7 Å². The van der Waals surface area contributed by atoms with Crippen molar-refractivity contribution in [1.29, 1.82) is 0 Å². The molecule has 3 heterocycles. The van der Waals surface area contributed by atoms with Crippen molar-refractivity contribution in [1.82, 2.24) is 4.90 Å². The van der Waals surface area contributed by atoms with Crippen LogP contribution >= 0.6 is 11.8 Å². The Bertz CT molecular complexity index is 972. The number of likely N-dealkylation sites (tertiary alicyclic amines) is 1. The van der Waals surface area contributed by atoms with E-state index in [0.29, 0.717) is 53.7 Å². The van der Waals surface area contributed by atoms with E-state index >= 15 is 0 Å². The molecule has 7 heteroatoms. The fourth-order valence-electron chi connectivity index (χ4n) is 4.04. The summed E-state index contributed by atoms with van der Waals surface area (Å²) < 4.78 is 11.7. The van der Waals surface area contributed by atoms with E-state index < -0.39 is 11.7 Å². The number of hydrogen-bond donors (Lipinski definition) is 1. The molecule has 2 aromatic rings. The van der Waals surface area contributed by atoms with Crippen molar-refractivity contribution in [3.8, 4) is 0 Å². The summed E-state index contributed by atoms with van der Waals surface area (Å²) in [6.45, 7) is 1.15. The number of thioether (sulfide) groups is 1. The van der Waals surface area contributed by atoms with Crippen LogP contribution in [0.25, 0.3) is 5.76 Å². The Morgan fingerprint density at radius 2 is 1.89 bits per heavy atom. The highest BCUT2D eigenvalue weighted by molar-refractivity contribution is 8.03. The van der Waals surface area contributed by atoms with Crippen LogP contribution in [0.5, 0.6) is 0 Å². The number of nitrogens with zero attached hydrogens (tertiary/aromatic N) is 1. The van der Waals surface area contributed by atoms with E-state index in [1.54, 1.807) is 29.2 Å². The summed E-state index contributed by atoms with van der Waals surface area (Å²) in [6.07, 6.45) is 1.72. The first-order valence-electron chi connectivity index (χ1n) is 9.28. The third-order valence-corrected chi connectivity index (χ3v) is 7.05. The smallest absolute Gasteiger partial charge is 0.289 e. The van der Waals surface area contributed by atoms with Gasteiger partial charge in [-0.3, -0.25) is 9.59 Å². The fraction of sp³-hybridized carbons (Fsp3) is 0.333. The second-order valence-corrected chi connectivity index (χ2v) is 8.37. The number of piperidine rings is 1. The first kappa shape index (κ1) is 17.6. The molecule has 1 unspecified atom stereocenters. The van der Waals surface area contributed by atoms with Gasteiger partial charge in [-0.1, -0.05) is 24.3 Å². The predicted octanol–water partition coefficient (Wildman–Crippen LogP) is 2.94. The number of carbonyl (C=O) groups is 2. The molecule has 1 amide bonds. The summed E-state index contributed by atoms with van der Waals surface area (Å²) in [6, 6.07) is 10.6. The zero-order valence-electron chi connectivity index (χ0n) is 15.1. The molecule has 1 atom stereocenters.